The fourth-order valence-corrected chi connectivity index (χ4v) is 4.23. The number of hydrogen-bond acceptors (Lipinski definition) is 5. The molecule has 0 saturated carbocycles. The Morgan fingerprint density at radius 3 is 2.48 bits per heavy atom. The third-order valence-electron chi connectivity index (χ3n) is 4.06. The third-order valence-corrected chi connectivity index (χ3v) is 6.19. The molecule has 6 nitrogen and oxygen atoms in total. The molecule has 2 aromatic rings. The van der Waals surface area contributed by atoms with Gasteiger partial charge in [-0.2, -0.15) is 16.5 Å². The van der Waals surface area contributed by atoms with E-state index in [2.05, 4.69) is 10.0 Å². The van der Waals surface area contributed by atoms with Gasteiger partial charge in [0.25, 0.3) is 0 Å². The summed E-state index contributed by atoms with van der Waals surface area (Å²) in [5.74, 6) is -0.500. The molecule has 0 fully saturated rings. The number of halogens is 1. The number of anilines is 1. The van der Waals surface area contributed by atoms with Crippen LogP contribution in [0.1, 0.15) is 18.9 Å². The van der Waals surface area contributed by atoms with E-state index < -0.39 is 27.8 Å². The molecule has 0 aliphatic carbocycles. The van der Waals surface area contributed by atoms with Crippen LogP contribution in [0.15, 0.2) is 47.4 Å². The van der Waals surface area contributed by atoms with Crippen molar-refractivity contribution in [2.75, 3.05) is 23.9 Å². The molecule has 2 rings (SSSR count). The van der Waals surface area contributed by atoms with Gasteiger partial charge in [0.2, 0.25) is 15.9 Å². The normalized spacial score (nSPS) is 12.4. The van der Waals surface area contributed by atoms with E-state index in [1.807, 2.05) is 13.2 Å². The largest absolute Gasteiger partial charge is 0.491 e. The molecule has 1 unspecified atom stereocenters. The molecule has 0 radical (unpaired) electrons. The second kappa shape index (κ2) is 10.6. The molecule has 1 amide bonds. The summed E-state index contributed by atoms with van der Waals surface area (Å²) in [5, 5.41) is 2.57. The van der Waals surface area contributed by atoms with E-state index in [4.69, 9.17) is 4.74 Å². The average molecular weight is 441 g/mol. The van der Waals surface area contributed by atoms with Crippen LogP contribution in [0.4, 0.5) is 10.1 Å². The van der Waals surface area contributed by atoms with Gasteiger partial charge in [0.15, 0.2) is 11.6 Å². The minimum Gasteiger partial charge on any atom is -0.491 e. The first-order valence-electron chi connectivity index (χ1n) is 9.08. The maximum Gasteiger partial charge on any atom is 0.242 e. The molecule has 29 heavy (non-hydrogen) atoms. The summed E-state index contributed by atoms with van der Waals surface area (Å²) in [6.07, 6.45) is 2.16. The Kier molecular flexibility index (Phi) is 8.48. The highest BCUT2D eigenvalue weighted by Gasteiger charge is 2.25. The monoisotopic (exact) mass is 440 g/mol. The highest BCUT2D eigenvalue weighted by Crippen LogP contribution is 2.21. The van der Waals surface area contributed by atoms with Crippen LogP contribution >= 0.6 is 11.8 Å². The van der Waals surface area contributed by atoms with E-state index in [9.17, 15) is 17.6 Å². The summed E-state index contributed by atoms with van der Waals surface area (Å²) in [6.45, 7) is 3.92. The lowest BCUT2D eigenvalue weighted by Crippen LogP contribution is -2.44. The van der Waals surface area contributed by atoms with Gasteiger partial charge in [0.05, 0.1) is 11.5 Å². The number of benzene rings is 2. The summed E-state index contributed by atoms with van der Waals surface area (Å²) in [5.41, 5.74) is 1.15. The number of rotatable bonds is 10. The van der Waals surface area contributed by atoms with Crippen molar-refractivity contribution in [2.45, 2.75) is 31.2 Å². The van der Waals surface area contributed by atoms with Crippen LogP contribution < -0.4 is 14.8 Å². The van der Waals surface area contributed by atoms with Gasteiger partial charge >= 0.3 is 0 Å². The molecule has 0 aliphatic rings. The van der Waals surface area contributed by atoms with Crippen LogP contribution in [-0.2, 0) is 14.8 Å². The van der Waals surface area contributed by atoms with E-state index in [0.29, 0.717) is 12.4 Å². The van der Waals surface area contributed by atoms with E-state index in [-0.39, 0.29) is 22.8 Å². The fraction of sp³-hybridized carbons (Fsp3) is 0.350. The number of aryl methyl sites for hydroxylation is 1. The molecule has 1 atom stereocenters. The number of sulfonamides is 1. The van der Waals surface area contributed by atoms with Crippen molar-refractivity contribution in [1.82, 2.24) is 4.72 Å². The van der Waals surface area contributed by atoms with Crippen molar-refractivity contribution in [3.8, 4) is 5.75 Å². The summed E-state index contributed by atoms with van der Waals surface area (Å²) < 4.78 is 47.0. The Balaban J connectivity index is 2.17. The van der Waals surface area contributed by atoms with Crippen molar-refractivity contribution in [3.05, 3.63) is 53.8 Å². The number of thioether (sulfide) groups is 1. The third kappa shape index (κ3) is 6.73. The lowest BCUT2D eigenvalue weighted by molar-refractivity contribution is -0.117. The van der Waals surface area contributed by atoms with Crippen molar-refractivity contribution in [1.29, 1.82) is 0 Å². The van der Waals surface area contributed by atoms with E-state index in [1.165, 1.54) is 36.0 Å². The minimum absolute atomic E-state index is 0.0807. The average Bonchev–Trinajstić information content (AvgIpc) is 2.67. The van der Waals surface area contributed by atoms with Crippen molar-refractivity contribution >= 4 is 33.4 Å². The zero-order chi connectivity index (χ0) is 21.4. The Morgan fingerprint density at radius 1 is 1.21 bits per heavy atom. The maximum atomic E-state index is 14.0. The molecule has 0 spiro atoms. The second-order valence-electron chi connectivity index (χ2n) is 6.34. The van der Waals surface area contributed by atoms with Gasteiger partial charge in [0.1, 0.15) is 6.04 Å². The lowest BCUT2D eigenvalue weighted by atomic mass is 10.2. The molecule has 0 bridgehead atoms. The molecule has 2 N–H and O–H groups in total. The van der Waals surface area contributed by atoms with Crippen LogP contribution in [0.5, 0.6) is 5.75 Å². The number of carbonyl (C=O) groups excluding carboxylic acids is 1. The van der Waals surface area contributed by atoms with Crippen LogP contribution in [0.3, 0.4) is 0 Å². The number of carbonyl (C=O) groups is 1. The first kappa shape index (κ1) is 23.2. The molecule has 0 aromatic heterocycles. The number of nitrogens with one attached hydrogen (secondary N) is 2. The summed E-state index contributed by atoms with van der Waals surface area (Å²) >= 11 is 1.50. The van der Waals surface area contributed by atoms with Gasteiger partial charge in [-0.15, -0.1) is 0 Å². The van der Waals surface area contributed by atoms with E-state index in [0.717, 1.165) is 11.6 Å². The van der Waals surface area contributed by atoms with E-state index >= 15 is 0 Å². The van der Waals surface area contributed by atoms with E-state index in [1.54, 1.807) is 19.1 Å². The molecule has 2 aromatic carbocycles. The smallest absolute Gasteiger partial charge is 0.242 e. The van der Waals surface area contributed by atoms with Gasteiger partial charge in [-0.1, -0.05) is 17.7 Å². The summed E-state index contributed by atoms with van der Waals surface area (Å²) in [6, 6.07) is 9.43. The lowest BCUT2D eigenvalue weighted by Gasteiger charge is -2.18. The highest BCUT2D eigenvalue weighted by molar-refractivity contribution is 7.98. The Bertz CT molecular complexity index is 934. The zero-order valence-electron chi connectivity index (χ0n) is 16.6. The van der Waals surface area contributed by atoms with Gasteiger partial charge in [-0.3, -0.25) is 4.79 Å². The van der Waals surface area contributed by atoms with Crippen molar-refractivity contribution < 1.29 is 22.3 Å². The molecule has 0 saturated heterocycles. The molecular weight excluding hydrogens is 415 g/mol. The fourth-order valence-electron chi connectivity index (χ4n) is 2.53. The predicted molar refractivity (Wildman–Crippen MR) is 114 cm³/mol. The van der Waals surface area contributed by atoms with Crippen molar-refractivity contribution in [3.63, 3.8) is 0 Å². The summed E-state index contributed by atoms with van der Waals surface area (Å²) in [7, 11) is -3.88. The second-order valence-corrected chi connectivity index (χ2v) is 9.04. The van der Waals surface area contributed by atoms with Crippen LogP contribution in [0.2, 0.25) is 0 Å². The quantitative estimate of drug-likeness (QED) is 0.590. The SMILES string of the molecule is CCOc1ccc(NC(=O)C(CCSC)NS(=O)(=O)c2ccc(C)cc2)cc1F. The van der Waals surface area contributed by atoms with Gasteiger partial charge in [-0.25, -0.2) is 12.8 Å². The summed E-state index contributed by atoms with van der Waals surface area (Å²) in [4.78, 5) is 12.8. The van der Waals surface area contributed by atoms with Gasteiger partial charge in [0, 0.05) is 11.8 Å². The van der Waals surface area contributed by atoms with Crippen molar-refractivity contribution in [2.24, 2.45) is 0 Å². The highest BCUT2D eigenvalue weighted by atomic mass is 32.2. The first-order chi connectivity index (χ1) is 13.8. The molecular formula is C20H25FN2O4S2. The predicted octanol–water partition coefficient (Wildman–Crippen LogP) is 3.57. The molecule has 0 heterocycles. The topological polar surface area (TPSA) is 84.5 Å². The van der Waals surface area contributed by atoms with Crippen LogP contribution in [0, 0.1) is 12.7 Å². The number of ether oxygens (including phenoxy) is 1. The molecule has 158 valence electrons. The van der Waals surface area contributed by atoms with Crippen LogP contribution in [0.25, 0.3) is 0 Å². The minimum atomic E-state index is -3.88. The van der Waals surface area contributed by atoms with Gasteiger partial charge in [-0.05, 0) is 56.5 Å². The van der Waals surface area contributed by atoms with Crippen LogP contribution in [-0.4, -0.2) is 39.0 Å². The molecule has 0 aliphatic heterocycles. The number of hydrogen-bond donors (Lipinski definition) is 2. The molecule has 9 heteroatoms. The Labute approximate surface area is 175 Å². The maximum absolute atomic E-state index is 14.0. The first-order valence-corrected chi connectivity index (χ1v) is 12.0. The van der Waals surface area contributed by atoms with Gasteiger partial charge < -0.3 is 10.1 Å². The Morgan fingerprint density at radius 2 is 1.90 bits per heavy atom. The number of amides is 1. The standard InChI is InChI=1S/C20H25FN2O4S2/c1-4-27-19-10-7-15(13-17(19)21)22-20(24)18(11-12-28-3)23-29(25,26)16-8-5-14(2)6-9-16/h5-10,13,18,23H,4,11-12H2,1-3H3,(H,22,24). The Hall–Kier alpha value is -2.10. The zero-order valence-corrected chi connectivity index (χ0v) is 18.2.